The van der Waals surface area contributed by atoms with Crippen molar-refractivity contribution in [3.63, 3.8) is 0 Å². The lowest BCUT2D eigenvalue weighted by Crippen LogP contribution is -2.27. The van der Waals surface area contributed by atoms with Crippen molar-refractivity contribution < 1.29 is 13.9 Å². The third kappa shape index (κ3) is 3.44. The van der Waals surface area contributed by atoms with Crippen LogP contribution in [0.15, 0.2) is 50.5 Å². The number of ether oxygens (including phenoxy) is 1. The highest BCUT2D eigenvalue weighted by Crippen LogP contribution is 2.29. The van der Waals surface area contributed by atoms with E-state index in [9.17, 15) is 14.4 Å². The number of amides is 1. The van der Waals surface area contributed by atoms with Crippen LogP contribution in [0.4, 0.5) is 5.82 Å². The van der Waals surface area contributed by atoms with Gasteiger partial charge >= 0.3 is 5.76 Å². The standard InChI is InChI=1S/C22H19N7O5/c30-17-11-33-15-6-7-16(25-21(15)26-17)29-22(32)34-18(27-29)5-2-8-23-14-10-28-19(31)9-24-13-4-1-3-12(14)20(13)28/h1,3-4,6-7,9,14,23H,2,5,8,10-11H2,(H,25,26,30)/t14-/m0/s1. The first-order valence-electron chi connectivity index (χ1n) is 10.8. The number of para-hydroxylation sites is 1. The summed E-state index contributed by atoms with van der Waals surface area (Å²) < 4.78 is 13.4. The monoisotopic (exact) mass is 461 g/mol. The number of rotatable bonds is 6. The maximum absolute atomic E-state index is 12.3. The summed E-state index contributed by atoms with van der Waals surface area (Å²) in [4.78, 5) is 44.5. The Kier molecular flexibility index (Phi) is 4.73. The van der Waals surface area contributed by atoms with Gasteiger partial charge in [-0.25, -0.2) is 14.8 Å². The van der Waals surface area contributed by atoms with E-state index >= 15 is 0 Å². The Bertz CT molecular complexity index is 1550. The normalized spacial score (nSPS) is 16.4. The average molecular weight is 461 g/mol. The van der Waals surface area contributed by atoms with Gasteiger partial charge in [-0.1, -0.05) is 12.1 Å². The predicted octanol–water partition coefficient (Wildman–Crippen LogP) is 0.538. The Hall–Kier alpha value is -4.32. The highest BCUT2D eigenvalue weighted by atomic mass is 16.5. The molecule has 2 aliphatic heterocycles. The molecule has 1 aromatic carbocycles. The Morgan fingerprint density at radius 3 is 3.00 bits per heavy atom. The van der Waals surface area contributed by atoms with E-state index in [0.29, 0.717) is 31.7 Å². The molecule has 0 saturated heterocycles. The quantitative estimate of drug-likeness (QED) is 0.393. The number of hydrogen-bond donors (Lipinski definition) is 2. The fourth-order valence-electron chi connectivity index (χ4n) is 4.32. The molecule has 6 rings (SSSR count). The molecule has 0 unspecified atom stereocenters. The molecule has 12 heteroatoms. The van der Waals surface area contributed by atoms with E-state index in [4.69, 9.17) is 9.15 Å². The minimum atomic E-state index is -0.664. The van der Waals surface area contributed by atoms with Crippen LogP contribution in [0.2, 0.25) is 0 Å². The molecule has 1 atom stereocenters. The van der Waals surface area contributed by atoms with Gasteiger partial charge in [0.15, 0.2) is 24.0 Å². The lowest BCUT2D eigenvalue weighted by Gasteiger charge is -2.16. The maximum atomic E-state index is 12.3. The molecular weight excluding hydrogens is 442 g/mol. The average Bonchev–Trinajstić information content (AvgIpc) is 3.40. The summed E-state index contributed by atoms with van der Waals surface area (Å²) in [6.07, 6.45) is 2.45. The van der Waals surface area contributed by atoms with Crippen molar-refractivity contribution in [1.82, 2.24) is 29.6 Å². The predicted molar refractivity (Wildman–Crippen MR) is 119 cm³/mol. The van der Waals surface area contributed by atoms with Gasteiger partial charge in [0.1, 0.15) is 0 Å². The topological polar surface area (TPSA) is 146 Å². The molecule has 0 fully saturated rings. The molecule has 0 bridgehead atoms. The summed E-state index contributed by atoms with van der Waals surface area (Å²) in [5, 5.41) is 10.3. The Morgan fingerprint density at radius 2 is 2.09 bits per heavy atom. The second-order valence-corrected chi connectivity index (χ2v) is 8.06. The zero-order valence-corrected chi connectivity index (χ0v) is 17.9. The third-order valence-electron chi connectivity index (χ3n) is 5.86. The van der Waals surface area contributed by atoms with E-state index in [1.54, 1.807) is 16.7 Å². The van der Waals surface area contributed by atoms with Crippen LogP contribution in [0.5, 0.6) is 5.75 Å². The fraction of sp³-hybridized carbons (Fsp3) is 0.273. The minimum absolute atomic E-state index is 0.00212. The molecule has 2 aliphatic rings. The van der Waals surface area contributed by atoms with Crippen molar-refractivity contribution in [2.24, 2.45) is 0 Å². The maximum Gasteiger partial charge on any atom is 0.443 e. The third-order valence-corrected chi connectivity index (χ3v) is 5.86. The van der Waals surface area contributed by atoms with Gasteiger partial charge in [0.25, 0.3) is 11.5 Å². The first-order chi connectivity index (χ1) is 16.6. The summed E-state index contributed by atoms with van der Waals surface area (Å²) in [5.74, 6) is 0.177. The van der Waals surface area contributed by atoms with Gasteiger partial charge in [-0.2, -0.15) is 0 Å². The molecular formula is C22H19N7O5. The molecule has 12 nitrogen and oxygen atoms in total. The molecule has 172 valence electrons. The first-order valence-corrected chi connectivity index (χ1v) is 10.8. The van der Waals surface area contributed by atoms with Gasteiger partial charge in [-0.3, -0.25) is 9.59 Å². The molecule has 34 heavy (non-hydrogen) atoms. The fourth-order valence-corrected chi connectivity index (χ4v) is 4.32. The van der Waals surface area contributed by atoms with E-state index in [2.05, 4.69) is 25.7 Å². The van der Waals surface area contributed by atoms with Crippen LogP contribution in [0.25, 0.3) is 16.9 Å². The van der Waals surface area contributed by atoms with Crippen molar-refractivity contribution in [2.45, 2.75) is 25.4 Å². The number of carbonyl (C=O) groups is 1. The highest BCUT2D eigenvalue weighted by molar-refractivity contribution is 5.94. The van der Waals surface area contributed by atoms with E-state index in [1.807, 2.05) is 18.2 Å². The van der Waals surface area contributed by atoms with Crippen molar-refractivity contribution in [1.29, 1.82) is 0 Å². The van der Waals surface area contributed by atoms with E-state index < -0.39 is 5.76 Å². The van der Waals surface area contributed by atoms with Crippen LogP contribution in [-0.2, 0) is 17.8 Å². The lowest BCUT2D eigenvalue weighted by atomic mass is 10.1. The Balaban J connectivity index is 1.11. The van der Waals surface area contributed by atoms with Gasteiger partial charge < -0.3 is 24.4 Å². The number of anilines is 1. The largest absolute Gasteiger partial charge is 0.480 e. The van der Waals surface area contributed by atoms with Crippen molar-refractivity contribution in [3.8, 4) is 11.6 Å². The van der Waals surface area contributed by atoms with Crippen molar-refractivity contribution in [3.05, 3.63) is 68.9 Å². The van der Waals surface area contributed by atoms with Crippen LogP contribution in [0, 0.1) is 0 Å². The number of benzene rings is 1. The van der Waals surface area contributed by atoms with Crippen LogP contribution < -0.4 is 26.7 Å². The van der Waals surface area contributed by atoms with E-state index in [-0.39, 0.29) is 41.6 Å². The molecule has 0 radical (unpaired) electrons. The second kappa shape index (κ2) is 7.92. The number of nitrogens with one attached hydrogen (secondary N) is 2. The van der Waals surface area contributed by atoms with Crippen molar-refractivity contribution >= 4 is 22.8 Å². The summed E-state index contributed by atoms with van der Waals surface area (Å²) >= 11 is 0. The van der Waals surface area contributed by atoms with Gasteiger partial charge in [0, 0.05) is 13.0 Å². The summed E-state index contributed by atoms with van der Waals surface area (Å²) in [6, 6.07) is 9.02. The van der Waals surface area contributed by atoms with Crippen LogP contribution in [0.1, 0.15) is 23.9 Å². The van der Waals surface area contributed by atoms with Crippen LogP contribution in [-0.4, -0.2) is 43.4 Å². The number of hydrogen-bond acceptors (Lipinski definition) is 9. The SMILES string of the molecule is O=C1COc2ccc(-n3nc(CCCN[C@H]4Cn5c(=O)cnc6cccc4c65)oc3=O)nc2N1. The minimum Gasteiger partial charge on any atom is -0.480 e. The van der Waals surface area contributed by atoms with Gasteiger partial charge in [-0.15, -0.1) is 9.78 Å². The smallest absolute Gasteiger partial charge is 0.443 e. The molecule has 0 saturated carbocycles. The first kappa shape index (κ1) is 20.3. The molecule has 0 spiro atoms. The Morgan fingerprint density at radius 1 is 1.18 bits per heavy atom. The number of nitrogens with zero attached hydrogens (tertiary/aromatic N) is 5. The summed E-state index contributed by atoms with van der Waals surface area (Å²) in [7, 11) is 0. The zero-order valence-electron chi connectivity index (χ0n) is 17.9. The molecule has 2 N–H and O–H groups in total. The number of aromatic nitrogens is 5. The molecule has 3 aromatic heterocycles. The van der Waals surface area contributed by atoms with Crippen molar-refractivity contribution in [2.75, 3.05) is 18.5 Å². The summed E-state index contributed by atoms with van der Waals surface area (Å²) in [5.41, 5.74) is 2.61. The Labute approximate surface area is 191 Å². The van der Waals surface area contributed by atoms with Gasteiger partial charge in [0.05, 0.1) is 23.3 Å². The summed E-state index contributed by atoms with van der Waals surface area (Å²) in [6.45, 7) is 1.10. The zero-order chi connectivity index (χ0) is 23.2. The second-order valence-electron chi connectivity index (χ2n) is 8.06. The van der Waals surface area contributed by atoms with Crippen LogP contribution in [0.3, 0.4) is 0 Å². The number of fused-ring (bicyclic) bond motifs is 1. The molecule has 1 amide bonds. The number of pyridine rings is 1. The highest BCUT2D eigenvalue weighted by Gasteiger charge is 2.25. The number of carbonyl (C=O) groups excluding carboxylic acids is 1. The molecule has 4 aromatic rings. The molecule has 0 aliphatic carbocycles. The van der Waals surface area contributed by atoms with Gasteiger partial charge in [0.2, 0.25) is 5.89 Å². The van der Waals surface area contributed by atoms with Gasteiger partial charge in [-0.05, 0) is 36.7 Å². The van der Waals surface area contributed by atoms with E-state index in [1.165, 1.54) is 6.20 Å². The van der Waals surface area contributed by atoms with E-state index in [0.717, 1.165) is 21.3 Å². The molecule has 5 heterocycles. The lowest BCUT2D eigenvalue weighted by molar-refractivity contribution is -0.118. The van der Waals surface area contributed by atoms with Crippen LogP contribution >= 0.6 is 0 Å². The number of aryl methyl sites for hydroxylation is 1.